The monoisotopic (exact) mass is 314 g/mol. The van der Waals surface area contributed by atoms with E-state index in [0.29, 0.717) is 25.5 Å². The molecule has 4 nitrogen and oxygen atoms in total. The fraction of sp³-hybridized carbons (Fsp3) is 0.714. The average Bonchev–Trinajstić information content (AvgIpc) is 2.94. The maximum Gasteiger partial charge on any atom is 0.229 e. The number of halogens is 1. The van der Waals surface area contributed by atoms with Crippen LogP contribution in [0.25, 0.3) is 0 Å². The highest BCUT2D eigenvalue weighted by Gasteiger charge is 2.36. The van der Waals surface area contributed by atoms with Gasteiger partial charge in [0.05, 0.1) is 36.7 Å². The summed E-state index contributed by atoms with van der Waals surface area (Å²) in [6.45, 7) is 1.38. The molecule has 1 amide bonds. The number of aromatic nitrogens is 1. The maximum atomic E-state index is 12.5. The molecule has 2 fully saturated rings. The molecule has 0 aromatic carbocycles. The summed E-state index contributed by atoms with van der Waals surface area (Å²) in [5.74, 6) is 0.591. The van der Waals surface area contributed by atoms with Crippen molar-refractivity contribution in [2.75, 3.05) is 13.2 Å². The third-order valence-electron chi connectivity index (χ3n) is 4.09. The van der Waals surface area contributed by atoms with E-state index < -0.39 is 0 Å². The van der Waals surface area contributed by atoms with Crippen molar-refractivity contribution < 1.29 is 9.53 Å². The van der Waals surface area contributed by atoms with Crippen molar-refractivity contribution in [1.29, 1.82) is 0 Å². The molecule has 2 aliphatic rings. The first-order valence-electron chi connectivity index (χ1n) is 7.18. The summed E-state index contributed by atoms with van der Waals surface area (Å²) in [4.78, 5) is 18.9. The van der Waals surface area contributed by atoms with Crippen LogP contribution in [0.15, 0.2) is 5.38 Å². The lowest BCUT2D eigenvalue weighted by Gasteiger charge is -2.43. The molecule has 6 heteroatoms. The number of carbonyl (C=O) groups excluding carboxylic acids is 1. The van der Waals surface area contributed by atoms with Gasteiger partial charge in [0.1, 0.15) is 5.01 Å². The molecule has 0 bridgehead atoms. The standard InChI is InChI=1S/C14H19ClN2O2S/c15-8-10-9-20-13(16-10)7-14(18)17-5-6-19-12-4-2-1-3-11(12)17/h9,11-12H,1-8H2. The van der Waals surface area contributed by atoms with Crippen molar-refractivity contribution in [3.8, 4) is 0 Å². The lowest BCUT2D eigenvalue weighted by molar-refractivity contribution is -0.148. The number of carbonyl (C=O) groups is 1. The summed E-state index contributed by atoms with van der Waals surface area (Å²) in [6, 6.07) is 0.275. The van der Waals surface area contributed by atoms with Gasteiger partial charge in [0.15, 0.2) is 0 Å². The molecular weight excluding hydrogens is 296 g/mol. The van der Waals surface area contributed by atoms with Crippen LogP contribution in [0, 0.1) is 0 Å². The molecule has 2 unspecified atom stereocenters. The normalized spacial score (nSPS) is 26.4. The Morgan fingerprint density at radius 2 is 2.35 bits per heavy atom. The van der Waals surface area contributed by atoms with Crippen LogP contribution in [-0.4, -0.2) is 41.1 Å². The smallest absolute Gasteiger partial charge is 0.229 e. The van der Waals surface area contributed by atoms with Crippen LogP contribution >= 0.6 is 22.9 Å². The van der Waals surface area contributed by atoms with Crippen LogP contribution in [0.1, 0.15) is 36.4 Å². The number of alkyl halides is 1. The third-order valence-corrected chi connectivity index (χ3v) is 5.26. The van der Waals surface area contributed by atoms with Crippen molar-refractivity contribution in [1.82, 2.24) is 9.88 Å². The number of thiazole rings is 1. The molecule has 2 atom stereocenters. The Morgan fingerprint density at radius 1 is 1.50 bits per heavy atom. The Labute approximate surface area is 128 Å². The van der Waals surface area contributed by atoms with Gasteiger partial charge in [-0.25, -0.2) is 4.98 Å². The molecule has 110 valence electrons. The summed E-state index contributed by atoms with van der Waals surface area (Å²) in [5, 5.41) is 2.79. The van der Waals surface area contributed by atoms with Crippen LogP contribution in [0.5, 0.6) is 0 Å². The molecule has 1 saturated carbocycles. The van der Waals surface area contributed by atoms with Gasteiger partial charge in [-0.15, -0.1) is 22.9 Å². The van der Waals surface area contributed by atoms with Gasteiger partial charge in [0.25, 0.3) is 0 Å². The van der Waals surface area contributed by atoms with Gasteiger partial charge in [0.2, 0.25) is 5.91 Å². The second-order valence-corrected chi connectivity index (χ2v) is 6.60. The molecule has 1 aliphatic carbocycles. The Bertz CT molecular complexity index is 477. The van der Waals surface area contributed by atoms with Crippen LogP contribution in [0.2, 0.25) is 0 Å². The van der Waals surface area contributed by atoms with Gasteiger partial charge in [-0.1, -0.05) is 12.8 Å². The second kappa shape index (κ2) is 6.41. The molecule has 0 radical (unpaired) electrons. The number of hydrogen-bond acceptors (Lipinski definition) is 4. The van der Waals surface area contributed by atoms with E-state index in [9.17, 15) is 4.79 Å². The molecule has 1 saturated heterocycles. The summed E-state index contributed by atoms with van der Waals surface area (Å²) >= 11 is 7.27. The number of nitrogens with zero attached hydrogens (tertiary/aromatic N) is 2. The highest BCUT2D eigenvalue weighted by atomic mass is 35.5. The molecule has 1 aliphatic heterocycles. The van der Waals surface area contributed by atoms with Gasteiger partial charge < -0.3 is 9.64 Å². The highest BCUT2D eigenvalue weighted by Crippen LogP contribution is 2.29. The molecule has 0 N–H and O–H groups in total. The lowest BCUT2D eigenvalue weighted by Crippen LogP contribution is -2.55. The second-order valence-electron chi connectivity index (χ2n) is 5.39. The SMILES string of the molecule is O=C(Cc1nc(CCl)cs1)N1CCOC2CCCCC21. The van der Waals surface area contributed by atoms with E-state index in [1.807, 2.05) is 10.3 Å². The van der Waals surface area contributed by atoms with Gasteiger partial charge >= 0.3 is 0 Å². The molecule has 1 aromatic rings. The summed E-state index contributed by atoms with van der Waals surface area (Å²) in [7, 11) is 0. The summed E-state index contributed by atoms with van der Waals surface area (Å²) in [5.41, 5.74) is 0.858. The fourth-order valence-electron chi connectivity index (χ4n) is 3.13. The first kappa shape index (κ1) is 14.3. The predicted molar refractivity (Wildman–Crippen MR) is 79.1 cm³/mol. The van der Waals surface area contributed by atoms with Gasteiger partial charge in [-0.05, 0) is 12.8 Å². The van der Waals surface area contributed by atoms with Crippen LogP contribution < -0.4 is 0 Å². The van der Waals surface area contributed by atoms with E-state index >= 15 is 0 Å². The van der Waals surface area contributed by atoms with Gasteiger partial charge in [-0.3, -0.25) is 4.79 Å². The zero-order chi connectivity index (χ0) is 13.9. The Hall–Kier alpha value is -0.650. The number of ether oxygens (including phenoxy) is 1. The predicted octanol–water partition coefficient (Wildman–Crippen LogP) is 2.59. The van der Waals surface area contributed by atoms with E-state index in [0.717, 1.165) is 23.5 Å². The summed E-state index contributed by atoms with van der Waals surface area (Å²) in [6.07, 6.45) is 5.21. The van der Waals surface area contributed by atoms with Crippen molar-refractivity contribution in [2.45, 2.75) is 50.1 Å². The highest BCUT2D eigenvalue weighted by molar-refractivity contribution is 7.09. The number of fused-ring (bicyclic) bond motifs is 1. The van der Waals surface area contributed by atoms with Crippen molar-refractivity contribution in [3.63, 3.8) is 0 Å². The van der Waals surface area contributed by atoms with E-state index in [1.54, 1.807) is 0 Å². The first-order valence-corrected chi connectivity index (χ1v) is 8.59. The van der Waals surface area contributed by atoms with Crippen LogP contribution in [0.3, 0.4) is 0 Å². The number of amides is 1. The number of hydrogen-bond donors (Lipinski definition) is 0. The van der Waals surface area contributed by atoms with Gasteiger partial charge in [-0.2, -0.15) is 0 Å². The van der Waals surface area contributed by atoms with Gasteiger partial charge in [0, 0.05) is 11.9 Å². The topological polar surface area (TPSA) is 42.4 Å². The molecule has 2 heterocycles. The molecular formula is C14H19ClN2O2S. The first-order chi connectivity index (χ1) is 9.78. The minimum atomic E-state index is 0.181. The number of morpholine rings is 1. The van der Waals surface area contributed by atoms with E-state index in [-0.39, 0.29) is 18.1 Å². The lowest BCUT2D eigenvalue weighted by atomic mass is 9.90. The van der Waals surface area contributed by atoms with Crippen LogP contribution in [0.4, 0.5) is 0 Å². The Balaban J connectivity index is 1.66. The molecule has 1 aromatic heterocycles. The minimum absolute atomic E-state index is 0.181. The molecule has 3 rings (SSSR count). The maximum absolute atomic E-state index is 12.5. The zero-order valence-corrected chi connectivity index (χ0v) is 13.0. The minimum Gasteiger partial charge on any atom is -0.374 e. The average molecular weight is 315 g/mol. The molecule has 20 heavy (non-hydrogen) atoms. The fourth-order valence-corrected chi connectivity index (χ4v) is 4.14. The quantitative estimate of drug-likeness (QED) is 0.805. The van der Waals surface area contributed by atoms with Crippen molar-refractivity contribution in [2.24, 2.45) is 0 Å². The van der Waals surface area contributed by atoms with Crippen molar-refractivity contribution >= 4 is 28.8 Å². The Kier molecular flexibility index (Phi) is 4.58. The van der Waals surface area contributed by atoms with E-state index in [4.69, 9.17) is 16.3 Å². The zero-order valence-electron chi connectivity index (χ0n) is 11.4. The third kappa shape index (κ3) is 3.00. The molecule has 0 spiro atoms. The van der Waals surface area contributed by atoms with Crippen molar-refractivity contribution in [3.05, 3.63) is 16.1 Å². The summed E-state index contributed by atoms with van der Waals surface area (Å²) < 4.78 is 5.81. The number of rotatable bonds is 3. The van der Waals surface area contributed by atoms with Crippen LogP contribution in [-0.2, 0) is 21.8 Å². The Morgan fingerprint density at radius 3 is 3.15 bits per heavy atom. The van der Waals surface area contributed by atoms with E-state index in [1.165, 1.54) is 24.2 Å². The largest absolute Gasteiger partial charge is 0.374 e. The van der Waals surface area contributed by atoms with E-state index in [2.05, 4.69) is 4.98 Å².